The molecule has 5 atom stereocenters. The molecule has 0 spiro atoms. The number of hydrogen-bond donors (Lipinski definition) is 3. The van der Waals surface area contributed by atoms with Crippen LogP contribution in [-0.2, 0) is 65.4 Å². The summed E-state index contributed by atoms with van der Waals surface area (Å²) in [7, 11) is -10.0. The Balaban J connectivity index is 5.56. The van der Waals surface area contributed by atoms with E-state index in [0.29, 0.717) is 38.5 Å². The monoisotopic (exact) mass is 1570 g/mol. The molecule has 0 rings (SSSR count). The van der Waals surface area contributed by atoms with Crippen molar-refractivity contribution in [1.29, 1.82) is 0 Å². The van der Waals surface area contributed by atoms with Crippen molar-refractivity contribution in [3.8, 4) is 0 Å². The summed E-state index contributed by atoms with van der Waals surface area (Å²) in [4.78, 5) is 73.1. The van der Waals surface area contributed by atoms with E-state index >= 15 is 0 Å². The normalized spacial score (nSPS) is 14.8. The molecule has 0 amide bonds. The minimum absolute atomic E-state index is 0.0458. The van der Waals surface area contributed by atoms with E-state index in [-0.39, 0.29) is 25.7 Å². The van der Waals surface area contributed by atoms with E-state index in [1.54, 1.807) is 0 Å². The number of rotatable bonds is 76. The zero-order valence-corrected chi connectivity index (χ0v) is 69.9. The van der Waals surface area contributed by atoms with Crippen molar-refractivity contribution >= 4 is 39.5 Å². The first kappa shape index (κ1) is 104. The van der Waals surface area contributed by atoms with Crippen LogP contribution in [0.3, 0.4) is 0 Å². The van der Waals surface area contributed by atoms with Crippen molar-refractivity contribution in [2.75, 3.05) is 39.6 Å². The van der Waals surface area contributed by atoms with E-state index in [4.69, 9.17) is 37.0 Å². The van der Waals surface area contributed by atoms with Crippen LogP contribution in [0.5, 0.6) is 0 Å². The summed E-state index contributed by atoms with van der Waals surface area (Å²) >= 11 is 0. The molecule has 0 aromatic carbocycles. The van der Waals surface area contributed by atoms with Gasteiger partial charge in [-0.15, -0.1) is 0 Å². The summed E-state index contributed by atoms with van der Waals surface area (Å²) < 4.78 is 68.5. The highest BCUT2D eigenvalue weighted by atomic mass is 31.2. The SMILES string of the molecule is CC/C=C\C/C=C\C/C=C\C/C=C\C/C=C\CCCCCC(=O)OC[C@H](COP(=O)(O)OC[C@@H](O)COP(=O)(O)OC[C@@H](COC(=O)CCC/C=C\C/C=C\C/C=C\C/C=C\CCCCC)OC(=O)CCCCCCC/C=C\C/C=C\CCCCC)OC(=O)CC/C=C\C/C=C\C/C=C\C/C=C\C/C=C\CCCCC. The number of phosphoric ester groups is 2. The Labute approximate surface area is 666 Å². The molecular formula is C91H146O17P2. The summed E-state index contributed by atoms with van der Waals surface area (Å²) in [5.74, 6) is -2.41. The number of esters is 4. The molecule has 0 aliphatic rings. The van der Waals surface area contributed by atoms with Crippen molar-refractivity contribution in [1.82, 2.24) is 0 Å². The van der Waals surface area contributed by atoms with Gasteiger partial charge in [0.25, 0.3) is 0 Å². The molecular weight excluding hydrogens is 1430 g/mol. The third-order valence-corrected chi connectivity index (χ3v) is 18.4. The highest BCUT2D eigenvalue weighted by Gasteiger charge is 2.30. The van der Waals surface area contributed by atoms with Gasteiger partial charge in [0.1, 0.15) is 19.3 Å². The average Bonchev–Trinajstić information content (AvgIpc) is 0.900. The molecule has 0 saturated carbocycles. The second-order valence-electron chi connectivity index (χ2n) is 27.0. The van der Waals surface area contributed by atoms with Gasteiger partial charge in [-0.05, 0) is 180 Å². The lowest BCUT2D eigenvalue weighted by molar-refractivity contribution is -0.161. The van der Waals surface area contributed by atoms with Gasteiger partial charge in [0.15, 0.2) is 12.2 Å². The van der Waals surface area contributed by atoms with Crippen molar-refractivity contribution in [3.05, 3.63) is 194 Å². The van der Waals surface area contributed by atoms with Crippen LogP contribution in [0.4, 0.5) is 0 Å². The largest absolute Gasteiger partial charge is 0.472 e. The highest BCUT2D eigenvalue weighted by Crippen LogP contribution is 2.45. The summed E-state index contributed by atoms with van der Waals surface area (Å²) in [6.45, 7) is 4.46. The van der Waals surface area contributed by atoms with Gasteiger partial charge in [-0.2, -0.15) is 0 Å². The third kappa shape index (κ3) is 80.0. The predicted molar refractivity (Wildman–Crippen MR) is 454 cm³/mol. The number of carbonyl (C=O) groups excluding carboxylic acids is 4. The molecule has 2 unspecified atom stereocenters. The van der Waals surface area contributed by atoms with Crippen molar-refractivity contribution in [2.24, 2.45) is 0 Å². The lowest BCUT2D eigenvalue weighted by atomic mass is 10.1. The number of unbranched alkanes of at least 4 members (excludes halogenated alkanes) is 18. The topological polar surface area (TPSA) is 237 Å². The van der Waals surface area contributed by atoms with Crippen LogP contribution >= 0.6 is 15.6 Å². The molecule has 0 heterocycles. The Kier molecular flexibility index (Phi) is 76.4. The van der Waals surface area contributed by atoms with E-state index in [9.17, 15) is 43.2 Å². The molecule has 0 fully saturated rings. The molecule has 0 aliphatic carbocycles. The standard InChI is InChI=1S/C91H146O17P2/c1-5-9-13-17-21-25-29-33-37-40-42-45-49-52-56-60-64-68-72-76-89(94)102-82-87(108-91(96)78-74-70-66-62-58-54-50-46-43-41-38-34-30-26-22-18-14-10-6-2)84-106-110(99,100)104-80-85(92)79-103-109(97,98)105-83-86(107-90(95)77-73-69-65-61-57-53-47-36-32-28-24-20-16-12-8-4)81-101-88(93)75-71-67-63-59-55-51-48-44-39-35-31-27-23-19-15-11-7-3/h9,13,21-28,33-39,42-43,45-48,51-52,54,56,58-59,63,66,70,85-87,92H,5-8,10-12,14-20,29-32,40-41,44,49-50,53,55,57,60-62,64-65,67-69,71-84H2,1-4H3,(H,97,98)(H,99,100)/b13-9-,25-21-,26-22-,27-23-,28-24-,37-33-,38-34-,39-35-,45-42-,46-43-,47-36-,51-48-,56-52-,58-54-,63-59-,70-66-/t85-,86+,87+/m0/s1. The van der Waals surface area contributed by atoms with E-state index in [0.717, 1.165) is 148 Å². The van der Waals surface area contributed by atoms with E-state index < -0.39 is 97.5 Å². The number of allylic oxidation sites excluding steroid dienone is 32. The molecule has 0 aromatic heterocycles. The average molecular weight is 1570 g/mol. The summed E-state index contributed by atoms with van der Waals surface area (Å²) in [6.07, 6.45) is 99.9. The third-order valence-electron chi connectivity index (χ3n) is 16.5. The maximum Gasteiger partial charge on any atom is 0.472 e. The summed E-state index contributed by atoms with van der Waals surface area (Å²) in [6, 6.07) is 0. The van der Waals surface area contributed by atoms with Crippen molar-refractivity contribution < 1.29 is 80.2 Å². The minimum atomic E-state index is -5.02. The Morgan fingerprint density at radius 1 is 0.264 bits per heavy atom. The molecule has 0 aromatic rings. The molecule has 0 bridgehead atoms. The predicted octanol–water partition coefficient (Wildman–Crippen LogP) is 24.9. The van der Waals surface area contributed by atoms with Crippen LogP contribution in [0.2, 0.25) is 0 Å². The maximum absolute atomic E-state index is 13.1. The highest BCUT2D eigenvalue weighted by molar-refractivity contribution is 7.47. The lowest BCUT2D eigenvalue weighted by Crippen LogP contribution is -2.30. The van der Waals surface area contributed by atoms with Gasteiger partial charge in [0, 0.05) is 25.7 Å². The zero-order chi connectivity index (χ0) is 80.3. The van der Waals surface area contributed by atoms with Gasteiger partial charge in [-0.25, -0.2) is 9.13 Å². The van der Waals surface area contributed by atoms with Crippen LogP contribution in [-0.4, -0.2) is 96.7 Å². The first-order valence-corrected chi connectivity index (χ1v) is 44.7. The maximum atomic E-state index is 13.1. The second-order valence-corrected chi connectivity index (χ2v) is 29.9. The molecule has 622 valence electrons. The fourth-order valence-electron chi connectivity index (χ4n) is 10.2. The van der Waals surface area contributed by atoms with Crippen molar-refractivity contribution in [3.63, 3.8) is 0 Å². The smallest absolute Gasteiger partial charge is 0.462 e. The van der Waals surface area contributed by atoms with Gasteiger partial charge in [0.05, 0.1) is 26.4 Å². The van der Waals surface area contributed by atoms with Crippen LogP contribution in [0.25, 0.3) is 0 Å². The summed E-state index contributed by atoms with van der Waals surface area (Å²) in [5, 5.41) is 10.7. The Bertz CT molecular complexity index is 2850. The Morgan fingerprint density at radius 3 is 0.827 bits per heavy atom. The lowest BCUT2D eigenvalue weighted by Gasteiger charge is -2.21. The number of hydrogen-bond acceptors (Lipinski definition) is 15. The quantitative estimate of drug-likeness (QED) is 0.0169. The zero-order valence-electron chi connectivity index (χ0n) is 68.1. The Morgan fingerprint density at radius 2 is 0.500 bits per heavy atom. The number of ether oxygens (including phenoxy) is 4. The van der Waals surface area contributed by atoms with Gasteiger partial charge in [0.2, 0.25) is 0 Å². The van der Waals surface area contributed by atoms with Gasteiger partial charge in [-0.3, -0.25) is 37.3 Å². The van der Waals surface area contributed by atoms with Crippen LogP contribution in [0.1, 0.15) is 297 Å². The van der Waals surface area contributed by atoms with Crippen molar-refractivity contribution in [2.45, 2.75) is 316 Å². The second kappa shape index (κ2) is 80.9. The molecule has 110 heavy (non-hydrogen) atoms. The van der Waals surface area contributed by atoms with E-state index in [1.807, 2.05) is 30.4 Å². The van der Waals surface area contributed by atoms with Crippen LogP contribution < -0.4 is 0 Å². The van der Waals surface area contributed by atoms with Gasteiger partial charge >= 0.3 is 39.5 Å². The number of carbonyl (C=O) groups is 4. The van der Waals surface area contributed by atoms with E-state index in [1.165, 1.54) is 57.8 Å². The van der Waals surface area contributed by atoms with Crippen LogP contribution in [0.15, 0.2) is 194 Å². The Hall–Kier alpha value is -6.10. The molecule has 19 heteroatoms. The van der Waals surface area contributed by atoms with E-state index in [2.05, 4.69) is 192 Å². The molecule has 0 radical (unpaired) electrons. The number of aliphatic hydroxyl groups is 1. The van der Waals surface area contributed by atoms with Crippen LogP contribution in [0, 0.1) is 0 Å². The first-order valence-electron chi connectivity index (χ1n) is 41.7. The fraction of sp³-hybridized carbons (Fsp3) is 0.604. The molecule has 0 saturated heterocycles. The minimum Gasteiger partial charge on any atom is -0.462 e. The molecule has 3 N–H and O–H groups in total. The fourth-order valence-corrected chi connectivity index (χ4v) is 11.8. The number of phosphoric acid groups is 2. The number of aliphatic hydroxyl groups excluding tert-OH is 1. The molecule has 17 nitrogen and oxygen atoms in total. The van der Waals surface area contributed by atoms with Gasteiger partial charge in [-0.1, -0.05) is 286 Å². The molecule has 0 aliphatic heterocycles. The van der Waals surface area contributed by atoms with Gasteiger partial charge < -0.3 is 33.8 Å². The first-order chi connectivity index (χ1) is 53.7. The summed E-state index contributed by atoms with van der Waals surface area (Å²) in [5.41, 5.74) is 0.